The summed E-state index contributed by atoms with van der Waals surface area (Å²) in [5, 5.41) is 0. The van der Waals surface area contributed by atoms with E-state index in [2.05, 4.69) is 6.92 Å². The van der Waals surface area contributed by atoms with E-state index >= 15 is 0 Å². The molecule has 0 radical (unpaired) electrons. The SMILES string of the molecule is COC1CCC(C(C)C2CCC(OC(=O)c3ccc(C(C)=O)cc3)CC2)CC1. The summed E-state index contributed by atoms with van der Waals surface area (Å²) in [6.07, 6.45) is 9.64. The quantitative estimate of drug-likeness (QED) is 0.482. The summed E-state index contributed by atoms with van der Waals surface area (Å²) in [5.74, 6) is 2.03. The average Bonchev–Trinajstić information content (AvgIpc) is 2.74. The lowest BCUT2D eigenvalue weighted by Gasteiger charge is -2.38. The van der Waals surface area contributed by atoms with Crippen LogP contribution < -0.4 is 0 Å². The van der Waals surface area contributed by atoms with Crippen molar-refractivity contribution < 1.29 is 19.1 Å². The zero-order valence-electron chi connectivity index (χ0n) is 17.5. The van der Waals surface area contributed by atoms with E-state index in [0.29, 0.717) is 17.2 Å². The highest BCUT2D eigenvalue weighted by Gasteiger charge is 2.33. The summed E-state index contributed by atoms with van der Waals surface area (Å²) >= 11 is 0. The Morgan fingerprint density at radius 1 is 0.821 bits per heavy atom. The summed E-state index contributed by atoms with van der Waals surface area (Å²) in [6.45, 7) is 3.95. The number of ether oxygens (including phenoxy) is 2. The number of methoxy groups -OCH3 is 1. The Balaban J connectivity index is 1.44. The summed E-state index contributed by atoms with van der Waals surface area (Å²) in [7, 11) is 1.83. The minimum absolute atomic E-state index is 0.00284. The van der Waals surface area contributed by atoms with Crippen molar-refractivity contribution in [2.75, 3.05) is 7.11 Å². The molecule has 1 aromatic rings. The Morgan fingerprint density at radius 2 is 1.29 bits per heavy atom. The first-order valence-electron chi connectivity index (χ1n) is 10.8. The van der Waals surface area contributed by atoms with Gasteiger partial charge in [-0.2, -0.15) is 0 Å². The molecule has 2 saturated carbocycles. The van der Waals surface area contributed by atoms with Crippen LogP contribution in [0.2, 0.25) is 0 Å². The highest BCUT2D eigenvalue weighted by Crippen LogP contribution is 2.40. The van der Waals surface area contributed by atoms with E-state index < -0.39 is 0 Å². The van der Waals surface area contributed by atoms with Crippen LogP contribution in [0.1, 0.15) is 85.9 Å². The molecule has 0 saturated heterocycles. The fourth-order valence-corrected chi connectivity index (χ4v) is 5.03. The van der Waals surface area contributed by atoms with E-state index in [-0.39, 0.29) is 17.9 Å². The lowest BCUT2D eigenvalue weighted by atomic mass is 9.70. The lowest BCUT2D eigenvalue weighted by molar-refractivity contribution is 0.00604. The Bertz CT molecular complexity index is 650. The maximum absolute atomic E-state index is 12.4. The molecular formula is C24H34O4. The number of hydrogen-bond donors (Lipinski definition) is 0. The van der Waals surface area contributed by atoms with Gasteiger partial charge in [-0.15, -0.1) is 0 Å². The normalized spacial score (nSPS) is 29.1. The van der Waals surface area contributed by atoms with Crippen LogP contribution in [0.15, 0.2) is 24.3 Å². The van der Waals surface area contributed by atoms with Gasteiger partial charge in [0.15, 0.2) is 5.78 Å². The summed E-state index contributed by atoms with van der Waals surface area (Å²) in [4.78, 5) is 23.7. The van der Waals surface area contributed by atoms with Crippen molar-refractivity contribution in [1.82, 2.24) is 0 Å². The van der Waals surface area contributed by atoms with Crippen LogP contribution in [0.5, 0.6) is 0 Å². The van der Waals surface area contributed by atoms with Crippen LogP contribution in [0, 0.1) is 17.8 Å². The second kappa shape index (κ2) is 9.69. The standard InChI is InChI=1S/C24H34O4/c1-16(18-8-12-22(27-3)13-9-18)19-10-14-23(15-11-19)28-24(26)21-6-4-20(5-7-21)17(2)25/h4-7,16,18-19,22-23H,8-15H2,1-3H3. The Hall–Kier alpha value is -1.68. The summed E-state index contributed by atoms with van der Waals surface area (Å²) < 4.78 is 11.2. The Morgan fingerprint density at radius 3 is 1.75 bits per heavy atom. The van der Waals surface area contributed by atoms with E-state index in [0.717, 1.165) is 43.4 Å². The van der Waals surface area contributed by atoms with Gasteiger partial charge in [0, 0.05) is 12.7 Å². The molecule has 154 valence electrons. The molecule has 2 fully saturated rings. The van der Waals surface area contributed by atoms with Gasteiger partial charge in [-0.05, 0) is 88.2 Å². The molecule has 0 spiro atoms. The molecule has 0 amide bonds. The molecule has 0 N–H and O–H groups in total. The number of carbonyl (C=O) groups excluding carboxylic acids is 2. The highest BCUT2D eigenvalue weighted by atomic mass is 16.5. The van der Waals surface area contributed by atoms with Crippen molar-refractivity contribution in [1.29, 1.82) is 0 Å². The van der Waals surface area contributed by atoms with Crippen molar-refractivity contribution in [3.05, 3.63) is 35.4 Å². The molecule has 2 aliphatic rings. The van der Waals surface area contributed by atoms with Crippen LogP contribution in [-0.2, 0) is 9.47 Å². The number of benzene rings is 1. The van der Waals surface area contributed by atoms with E-state index in [1.54, 1.807) is 24.3 Å². The van der Waals surface area contributed by atoms with Crippen LogP contribution >= 0.6 is 0 Å². The largest absolute Gasteiger partial charge is 0.459 e. The first-order valence-corrected chi connectivity index (χ1v) is 10.8. The molecule has 1 atom stereocenters. The van der Waals surface area contributed by atoms with Gasteiger partial charge >= 0.3 is 5.97 Å². The Kier molecular flexibility index (Phi) is 7.28. The third-order valence-electron chi connectivity index (χ3n) is 7.06. The average molecular weight is 387 g/mol. The number of ketones is 1. The maximum atomic E-state index is 12.4. The summed E-state index contributed by atoms with van der Waals surface area (Å²) in [6, 6.07) is 6.75. The number of Topliss-reactive ketones (excluding diaryl/α,β-unsaturated/α-hetero) is 1. The van der Waals surface area contributed by atoms with Crippen LogP contribution in [0.25, 0.3) is 0 Å². The fraction of sp³-hybridized carbons (Fsp3) is 0.667. The molecule has 1 aromatic carbocycles. The van der Waals surface area contributed by atoms with Gasteiger partial charge in [0.1, 0.15) is 6.10 Å². The molecule has 28 heavy (non-hydrogen) atoms. The van der Waals surface area contributed by atoms with Gasteiger partial charge < -0.3 is 9.47 Å². The van der Waals surface area contributed by atoms with E-state index in [4.69, 9.17) is 9.47 Å². The monoisotopic (exact) mass is 386 g/mol. The third-order valence-corrected chi connectivity index (χ3v) is 7.06. The molecule has 4 heteroatoms. The van der Waals surface area contributed by atoms with Crippen molar-refractivity contribution in [2.45, 2.75) is 77.4 Å². The van der Waals surface area contributed by atoms with Crippen molar-refractivity contribution in [3.8, 4) is 0 Å². The number of carbonyl (C=O) groups is 2. The minimum atomic E-state index is -0.274. The molecule has 0 aliphatic heterocycles. The molecule has 2 aliphatic carbocycles. The van der Waals surface area contributed by atoms with Gasteiger partial charge in [0.05, 0.1) is 11.7 Å². The molecule has 4 nitrogen and oxygen atoms in total. The predicted octanol–water partition coefficient (Wildman–Crippen LogP) is 5.45. The number of esters is 1. The second-order valence-corrected chi connectivity index (χ2v) is 8.71. The number of hydrogen-bond acceptors (Lipinski definition) is 4. The fourth-order valence-electron chi connectivity index (χ4n) is 5.03. The van der Waals surface area contributed by atoms with Crippen LogP contribution in [0.4, 0.5) is 0 Å². The molecule has 0 aromatic heterocycles. The molecule has 0 heterocycles. The molecule has 1 unspecified atom stereocenters. The smallest absolute Gasteiger partial charge is 0.338 e. The van der Waals surface area contributed by atoms with Gasteiger partial charge in [0.2, 0.25) is 0 Å². The van der Waals surface area contributed by atoms with Gasteiger partial charge in [-0.1, -0.05) is 19.1 Å². The van der Waals surface area contributed by atoms with Crippen molar-refractivity contribution in [2.24, 2.45) is 17.8 Å². The van der Waals surface area contributed by atoms with Crippen molar-refractivity contribution in [3.63, 3.8) is 0 Å². The van der Waals surface area contributed by atoms with Crippen LogP contribution in [-0.4, -0.2) is 31.1 Å². The van der Waals surface area contributed by atoms with Gasteiger partial charge in [0.25, 0.3) is 0 Å². The zero-order chi connectivity index (χ0) is 20.1. The zero-order valence-corrected chi connectivity index (χ0v) is 17.5. The van der Waals surface area contributed by atoms with E-state index in [1.165, 1.54) is 32.6 Å². The first-order chi connectivity index (χ1) is 13.5. The Labute approximate surface area is 169 Å². The van der Waals surface area contributed by atoms with Gasteiger partial charge in [-0.3, -0.25) is 4.79 Å². The van der Waals surface area contributed by atoms with E-state index in [9.17, 15) is 9.59 Å². The minimum Gasteiger partial charge on any atom is -0.459 e. The molecule has 3 rings (SSSR count). The second-order valence-electron chi connectivity index (χ2n) is 8.71. The molecule has 0 bridgehead atoms. The predicted molar refractivity (Wildman–Crippen MR) is 110 cm³/mol. The molecular weight excluding hydrogens is 352 g/mol. The third kappa shape index (κ3) is 5.22. The lowest BCUT2D eigenvalue weighted by Crippen LogP contribution is -2.32. The summed E-state index contributed by atoms with van der Waals surface area (Å²) in [5.41, 5.74) is 1.14. The van der Waals surface area contributed by atoms with Crippen molar-refractivity contribution >= 4 is 11.8 Å². The first kappa shape index (κ1) is 21.0. The van der Waals surface area contributed by atoms with Crippen LogP contribution in [0.3, 0.4) is 0 Å². The maximum Gasteiger partial charge on any atom is 0.338 e. The van der Waals surface area contributed by atoms with Gasteiger partial charge in [-0.25, -0.2) is 4.79 Å². The van der Waals surface area contributed by atoms with E-state index in [1.807, 2.05) is 7.11 Å². The highest BCUT2D eigenvalue weighted by molar-refractivity contribution is 5.96. The number of rotatable bonds is 6. The topological polar surface area (TPSA) is 52.6 Å².